The number of ether oxygens (including phenoxy) is 1. The third-order valence-electron chi connectivity index (χ3n) is 3.74. The van der Waals surface area contributed by atoms with E-state index in [1.54, 1.807) is 7.11 Å². The van der Waals surface area contributed by atoms with Gasteiger partial charge < -0.3 is 10.5 Å². The highest BCUT2D eigenvalue weighted by Crippen LogP contribution is 2.39. The number of hydrogen-bond acceptors (Lipinski definition) is 3. The number of methoxy groups -OCH3 is 1. The van der Waals surface area contributed by atoms with Crippen LogP contribution in [0.25, 0.3) is 0 Å². The van der Waals surface area contributed by atoms with Gasteiger partial charge in [-0.1, -0.05) is 23.7 Å². The summed E-state index contributed by atoms with van der Waals surface area (Å²) in [4.78, 5) is 2.35. The molecule has 2 rings (SSSR count). The van der Waals surface area contributed by atoms with Crippen LogP contribution in [0.4, 0.5) is 0 Å². The standard InChI is InChI=1S/C14H21ClN2O/c1-17-8-10(7-16)6-13(17)14-11(9-18-2)4-3-5-12(14)15/h3-5,10,13H,6-9,16H2,1-2H3. The smallest absolute Gasteiger partial charge is 0.0716 e. The second kappa shape index (κ2) is 6.02. The molecule has 2 atom stereocenters. The Morgan fingerprint density at radius 2 is 2.28 bits per heavy atom. The van der Waals surface area contributed by atoms with Crippen LogP contribution in [0, 0.1) is 5.92 Å². The summed E-state index contributed by atoms with van der Waals surface area (Å²) in [6.45, 7) is 2.39. The average Bonchev–Trinajstić information content (AvgIpc) is 2.71. The lowest BCUT2D eigenvalue weighted by atomic mass is 9.96. The van der Waals surface area contributed by atoms with Crippen LogP contribution in [0.2, 0.25) is 5.02 Å². The van der Waals surface area contributed by atoms with Crippen molar-refractivity contribution in [3.63, 3.8) is 0 Å². The van der Waals surface area contributed by atoms with Gasteiger partial charge in [-0.2, -0.15) is 0 Å². The molecule has 18 heavy (non-hydrogen) atoms. The molecule has 2 N–H and O–H groups in total. The molecule has 0 amide bonds. The number of rotatable bonds is 4. The minimum Gasteiger partial charge on any atom is -0.380 e. The van der Waals surface area contributed by atoms with E-state index in [4.69, 9.17) is 22.1 Å². The van der Waals surface area contributed by atoms with Gasteiger partial charge in [0.15, 0.2) is 0 Å². The molecule has 0 aromatic heterocycles. The van der Waals surface area contributed by atoms with E-state index < -0.39 is 0 Å². The Kier molecular flexibility index (Phi) is 4.62. The van der Waals surface area contributed by atoms with Gasteiger partial charge in [0.25, 0.3) is 0 Å². The average molecular weight is 269 g/mol. The third kappa shape index (κ3) is 2.69. The number of hydrogen-bond donors (Lipinski definition) is 1. The molecule has 0 spiro atoms. The molecule has 1 saturated heterocycles. The van der Waals surface area contributed by atoms with Crippen molar-refractivity contribution in [3.05, 3.63) is 34.3 Å². The van der Waals surface area contributed by atoms with Crippen molar-refractivity contribution in [2.24, 2.45) is 11.7 Å². The van der Waals surface area contributed by atoms with Crippen molar-refractivity contribution in [2.45, 2.75) is 19.1 Å². The van der Waals surface area contributed by atoms with Gasteiger partial charge in [-0.05, 0) is 43.1 Å². The first kappa shape index (κ1) is 13.8. The van der Waals surface area contributed by atoms with Crippen molar-refractivity contribution in [2.75, 3.05) is 27.2 Å². The number of halogens is 1. The number of nitrogens with zero attached hydrogens (tertiary/aromatic N) is 1. The minimum atomic E-state index is 0.359. The first-order chi connectivity index (χ1) is 8.67. The zero-order valence-electron chi connectivity index (χ0n) is 11.0. The summed E-state index contributed by atoms with van der Waals surface area (Å²) in [5, 5.41) is 0.832. The van der Waals surface area contributed by atoms with Crippen molar-refractivity contribution in [1.82, 2.24) is 4.90 Å². The van der Waals surface area contributed by atoms with Crippen LogP contribution in [-0.2, 0) is 11.3 Å². The Hall–Kier alpha value is -0.610. The molecule has 0 radical (unpaired) electrons. The molecule has 0 saturated carbocycles. The molecule has 2 unspecified atom stereocenters. The topological polar surface area (TPSA) is 38.5 Å². The molecule has 1 aliphatic rings. The van der Waals surface area contributed by atoms with Crippen molar-refractivity contribution >= 4 is 11.6 Å². The fourth-order valence-corrected chi connectivity index (χ4v) is 3.17. The summed E-state index contributed by atoms with van der Waals surface area (Å²) in [5.74, 6) is 0.562. The van der Waals surface area contributed by atoms with Crippen LogP contribution in [0.15, 0.2) is 18.2 Å². The Bertz CT molecular complexity index is 411. The molecule has 100 valence electrons. The summed E-state index contributed by atoms with van der Waals surface area (Å²) in [7, 11) is 3.85. The van der Waals surface area contributed by atoms with Crippen LogP contribution in [-0.4, -0.2) is 32.1 Å². The monoisotopic (exact) mass is 268 g/mol. The van der Waals surface area contributed by atoms with Gasteiger partial charge in [0.1, 0.15) is 0 Å². The molecule has 1 aromatic carbocycles. The molecule has 0 bridgehead atoms. The summed E-state index contributed by atoms with van der Waals surface area (Å²) in [6.07, 6.45) is 1.08. The van der Waals surface area contributed by atoms with Gasteiger partial charge in [-0.25, -0.2) is 0 Å². The highest BCUT2D eigenvalue weighted by atomic mass is 35.5. The summed E-state index contributed by atoms with van der Waals surface area (Å²) in [5.41, 5.74) is 8.17. The first-order valence-corrected chi connectivity index (χ1v) is 6.71. The van der Waals surface area contributed by atoms with Crippen LogP contribution >= 0.6 is 11.6 Å². The Labute approximate surface area is 114 Å². The molecular weight excluding hydrogens is 248 g/mol. The molecule has 1 aliphatic heterocycles. The van der Waals surface area contributed by atoms with E-state index in [0.29, 0.717) is 18.6 Å². The summed E-state index contributed by atoms with van der Waals surface area (Å²) < 4.78 is 5.27. The second-order valence-electron chi connectivity index (χ2n) is 5.04. The lowest BCUT2D eigenvalue weighted by molar-refractivity contribution is 0.182. The van der Waals surface area contributed by atoms with Crippen molar-refractivity contribution < 1.29 is 4.74 Å². The number of nitrogens with two attached hydrogens (primary N) is 1. The fourth-order valence-electron chi connectivity index (χ4n) is 2.85. The van der Waals surface area contributed by atoms with Crippen LogP contribution < -0.4 is 5.73 Å². The molecule has 1 aromatic rings. The van der Waals surface area contributed by atoms with Crippen LogP contribution in [0.3, 0.4) is 0 Å². The summed E-state index contributed by atoms with van der Waals surface area (Å²) in [6, 6.07) is 6.39. The maximum atomic E-state index is 6.39. The SMILES string of the molecule is COCc1cccc(Cl)c1C1CC(CN)CN1C. The number of likely N-dealkylation sites (tertiary alicyclic amines) is 1. The first-order valence-electron chi connectivity index (χ1n) is 6.34. The summed E-state index contributed by atoms with van der Waals surface area (Å²) >= 11 is 6.39. The van der Waals surface area contributed by atoms with Crippen LogP contribution in [0.1, 0.15) is 23.6 Å². The Balaban J connectivity index is 2.32. The van der Waals surface area contributed by atoms with E-state index in [9.17, 15) is 0 Å². The van der Waals surface area contributed by atoms with Gasteiger partial charge in [0, 0.05) is 24.7 Å². The van der Waals surface area contributed by atoms with Crippen molar-refractivity contribution in [1.29, 1.82) is 0 Å². The van der Waals surface area contributed by atoms with Gasteiger partial charge in [-0.3, -0.25) is 4.90 Å². The number of benzene rings is 1. The van der Waals surface area contributed by atoms with Crippen molar-refractivity contribution in [3.8, 4) is 0 Å². The zero-order chi connectivity index (χ0) is 13.1. The minimum absolute atomic E-state index is 0.359. The third-order valence-corrected chi connectivity index (χ3v) is 4.07. The van der Waals surface area contributed by atoms with E-state index in [0.717, 1.165) is 24.5 Å². The van der Waals surface area contributed by atoms with E-state index in [2.05, 4.69) is 18.0 Å². The maximum absolute atomic E-state index is 6.39. The maximum Gasteiger partial charge on any atom is 0.0716 e. The van der Waals surface area contributed by atoms with Gasteiger partial charge in [0.05, 0.1) is 6.61 Å². The lowest BCUT2D eigenvalue weighted by Crippen LogP contribution is -2.21. The molecule has 1 heterocycles. The Morgan fingerprint density at radius 1 is 1.50 bits per heavy atom. The largest absolute Gasteiger partial charge is 0.380 e. The highest BCUT2D eigenvalue weighted by molar-refractivity contribution is 6.31. The molecular formula is C14H21ClN2O. The molecule has 3 nitrogen and oxygen atoms in total. The predicted molar refractivity (Wildman–Crippen MR) is 74.7 cm³/mol. The van der Waals surface area contributed by atoms with Gasteiger partial charge >= 0.3 is 0 Å². The molecule has 0 aliphatic carbocycles. The van der Waals surface area contributed by atoms with E-state index >= 15 is 0 Å². The molecule has 1 fully saturated rings. The predicted octanol–water partition coefficient (Wildman–Crippen LogP) is 2.44. The van der Waals surface area contributed by atoms with Crippen LogP contribution in [0.5, 0.6) is 0 Å². The normalized spacial score (nSPS) is 24.7. The fraction of sp³-hybridized carbons (Fsp3) is 0.571. The van der Waals surface area contributed by atoms with E-state index in [1.165, 1.54) is 11.1 Å². The lowest BCUT2D eigenvalue weighted by Gasteiger charge is -2.23. The quantitative estimate of drug-likeness (QED) is 0.912. The second-order valence-corrected chi connectivity index (χ2v) is 5.45. The zero-order valence-corrected chi connectivity index (χ0v) is 11.8. The van der Waals surface area contributed by atoms with E-state index in [-0.39, 0.29) is 0 Å². The van der Waals surface area contributed by atoms with E-state index in [1.807, 2.05) is 12.1 Å². The molecule has 4 heteroatoms. The van der Waals surface area contributed by atoms with Gasteiger partial charge in [0.2, 0.25) is 0 Å². The highest BCUT2D eigenvalue weighted by Gasteiger charge is 2.32. The Morgan fingerprint density at radius 3 is 2.89 bits per heavy atom. The van der Waals surface area contributed by atoms with Gasteiger partial charge in [-0.15, -0.1) is 0 Å².